The minimum atomic E-state index is -4.56. The zero-order valence-electron chi connectivity index (χ0n) is 27.2. The van der Waals surface area contributed by atoms with Crippen molar-refractivity contribution < 1.29 is 41.6 Å². The third-order valence-electron chi connectivity index (χ3n) is 6.73. The Morgan fingerprint density at radius 2 is 1.10 bits per heavy atom. The van der Waals surface area contributed by atoms with Crippen LogP contribution in [-0.4, -0.2) is 48.5 Å². The summed E-state index contributed by atoms with van der Waals surface area (Å²) in [5.41, 5.74) is 1.41. The Bertz CT molecular complexity index is 2170. The first kappa shape index (κ1) is 41.9. The van der Waals surface area contributed by atoms with Crippen LogP contribution in [0, 0.1) is 13.8 Å². The Hall–Kier alpha value is -4.54. The maximum atomic E-state index is 13.2. The van der Waals surface area contributed by atoms with Gasteiger partial charge < -0.3 is 15.3 Å². The predicted octanol–water partition coefficient (Wildman–Crippen LogP) is 9.37. The minimum absolute atomic E-state index is 0.00168. The van der Waals surface area contributed by atoms with E-state index in [2.05, 4.69) is 25.1 Å². The van der Waals surface area contributed by atoms with Gasteiger partial charge in [-0.3, -0.25) is 0 Å². The summed E-state index contributed by atoms with van der Waals surface area (Å²) in [6.07, 6.45) is -7.71. The van der Waals surface area contributed by atoms with Gasteiger partial charge in [-0.15, -0.1) is 5.16 Å². The molecule has 0 fully saturated rings. The first-order valence-corrected chi connectivity index (χ1v) is 15.9. The van der Waals surface area contributed by atoms with Crippen molar-refractivity contribution in [2.45, 2.75) is 33.1 Å². The Kier molecular flexibility index (Phi) is 14.7. The monoisotopic (exact) mass is 783 g/mol. The van der Waals surface area contributed by atoms with Crippen LogP contribution in [0.15, 0.2) is 90.1 Å². The van der Waals surface area contributed by atoms with Crippen LogP contribution >= 0.6 is 34.8 Å². The van der Waals surface area contributed by atoms with Crippen LogP contribution in [0.3, 0.4) is 0 Å². The molecular weight excluding hydrogens is 758 g/mol. The zero-order valence-corrected chi connectivity index (χ0v) is 29.5. The van der Waals surface area contributed by atoms with E-state index < -0.39 is 36.1 Å². The average molecular weight is 785 g/mol. The van der Waals surface area contributed by atoms with Crippen LogP contribution in [-0.2, 0) is 12.4 Å². The lowest BCUT2D eigenvalue weighted by Crippen LogP contribution is -2.35. The lowest BCUT2D eigenvalue weighted by molar-refractivity contribution is -0.137. The summed E-state index contributed by atoms with van der Waals surface area (Å²) in [6.45, 7) is 5.09. The molecule has 0 aliphatic rings. The smallest absolute Gasteiger partial charge is 0.423 e. The molecular formula is C34H27BCl3F6N5O3. The van der Waals surface area contributed by atoms with Gasteiger partial charge in [-0.25, -0.2) is 19.9 Å². The molecule has 6 rings (SSSR count). The molecule has 0 amide bonds. The van der Waals surface area contributed by atoms with E-state index >= 15 is 0 Å². The van der Waals surface area contributed by atoms with Gasteiger partial charge in [-0.05, 0) is 56.6 Å². The first-order valence-electron chi connectivity index (χ1n) is 14.7. The molecule has 52 heavy (non-hydrogen) atoms. The van der Waals surface area contributed by atoms with Crippen LogP contribution in [0.4, 0.5) is 26.3 Å². The number of oxime groups is 1. The van der Waals surface area contributed by atoms with Gasteiger partial charge in [0.25, 0.3) is 0 Å². The van der Waals surface area contributed by atoms with Gasteiger partial charge in [-0.2, -0.15) is 26.3 Å². The van der Waals surface area contributed by atoms with Crippen molar-refractivity contribution in [2.75, 3.05) is 0 Å². The largest absolute Gasteiger partial charge is 0.489 e. The second kappa shape index (κ2) is 18.3. The molecule has 0 atom stereocenters. The molecule has 0 aliphatic carbocycles. The van der Waals surface area contributed by atoms with E-state index in [-0.39, 0.29) is 11.3 Å². The summed E-state index contributed by atoms with van der Waals surface area (Å²) in [7, 11) is -2.10. The Morgan fingerprint density at radius 3 is 1.58 bits per heavy atom. The molecule has 2 aromatic heterocycles. The van der Waals surface area contributed by atoms with E-state index in [0.29, 0.717) is 37.4 Å². The van der Waals surface area contributed by atoms with Crippen LogP contribution in [0.1, 0.15) is 29.4 Å². The lowest BCUT2D eigenvalue weighted by atomic mass is 9.77. The van der Waals surface area contributed by atoms with Gasteiger partial charge in [0.1, 0.15) is 11.0 Å². The summed E-state index contributed by atoms with van der Waals surface area (Å²) >= 11 is 17.8. The van der Waals surface area contributed by atoms with Crippen molar-refractivity contribution >= 4 is 75.7 Å². The predicted molar refractivity (Wildman–Crippen MR) is 191 cm³/mol. The molecule has 18 heteroatoms. The second-order valence-corrected chi connectivity index (χ2v) is 11.5. The van der Waals surface area contributed by atoms with E-state index in [4.69, 9.17) is 50.1 Å². The van der Waals surface area contributed by atoms with Crippen molar-refractivity contribution in [3.63, 3.8) is 0 Å². The molecule has 272 valence electrons. The zero-order chi connectivity index (χ0) is 38.8. The average Bonchev–Trinajstić information content (AvgIpc) is 3.09. The number of hydrogen-bond acceptors (Lipinski definition) is 8. The molecule has 0 saturated heterocycles. The normalized spacial score (nSPS) is 11.3. The standard InChI is InChI=1S/C16H10ClF3N2.C9H6Cl2N2.C7H6BF3O2.C2H5NO/c1-9-14(10-5-2-3-6-11(10)16(18,19)20)22-15-12(17)7-4-8-13(15)21-9;1-5-9(11)13-8-6(10)3-2-4-7(8)12-5;9-7(10,11)5-3-1-2-4-6(5)8(12)13;1-2-3-4/h2-8H,1H3;2-4H,1H3;1-4,12-13H;2,4H,1H3/b;;;3-2+. The molecule has 3 N–H and O–H groups in total. The molecule has 0 spiro atoms. The fourth-order valence-electron chi connectivity index (χ4n) is 4.41. The molecule has 4 aromatic carbocycles. The minimum Gasteiger partial charge on any atom is -0.423 e. The summed E-state index contributed by atoms with van der Waals surface area (Å²) in [5.74, 6) is 0. The number of nitrogens with zero attached hydrogens (tertiary/aromatic N) is 5. The number of alkyl halides is 6. The summed E-state index contributed by atoms with van der Waals surface area (Å²) in [4.78, 5) is 17.0. The third-order valence-corrected chi connectivity index (χ3v) is 7.70. The first-order chi connectivity index (χ1) is 24.4. The van der Waals surface area contributed by atoms with E-state index in [1.165, 1.54) is 30.5 Å². The number of benzene rings is 4. The van der Waals surface area contributed by atoms with Crippen molar-refractivity contribution in [2.24, 2.45) is 5.16 Å². The molecule has 8 nitrogen and oxygen atoms in total. The fraction of sp³-hybridized carbons (Fsp3) is 0.147. The maximum absolute atomic E-state index is 13.2. The molecule has 0 aliphatic heterocycles. The number of aromatic nitrogens is 4. The Balaban J connectivity index is 0.000000210. The molecule has 2 heterocycles. The quantitative estimate of drug-likeness (QED) is 0.0526. The van der Waals surface area contributed by atoms with Crippen LogP contribution in [0.5, 0.6) is 0 Å². The lowest BCUT2D eigenvalue weighted by Gasteiger charge is -2.14. The summed E-state index contributed by atoms with van der Waals surface area (Å²) < 4.78 is 76.1. The van der Waals surface area contributed by atoms with E-state index in [1.54, 1.807) is 44.2 Å². The van der Waals surface area contributed by atoms with Gasteiger partial charge in [0.05, 0.1) is 49.3 Å². The van der Waals surface area contributed by atoms with E-state index in [0.717, 1.165) is 29.4 Å². The van der Waals surface area contributed by atoms with Gasteiger partial charge in [-0.1, -0.05) is 89.4 Å². The number of halogens is 9. The third kappa shape index (κ3) is 11.0. The highest BCUT2D eigenvalue weighted by Crippen LogP contribution is 2.38. The molecule has 0 saturated carbocycles. The highest BCUT2D eigenvalue weighted by atomic mass is 35.5. The fourth-order valence-corrected chi connectivity index (χ4v) is 4.96. The van der Waals surface area contributed by atoms with Crippen molar-refractivity contribution in [3.8, 4) is 11.3 Å². The Morgan fingerprint density at radius 1 is 0.635 bits per heavy atom. The Labute approximate surface area is 308 Å². The molecule has 6 aromatic rings. The summed E-state index contributed by atoms with van der Waals surface area (Å²) in [5, 5.41) is 28.6. The SMILES string of the molecule is C/C=N/O.Cc1nc2cccc(Cl)c2nc1-c1ccccc1C(F)(F)F.Cc1nc2cccc(Cl)c2nc1Cl.OB(O)c1ccccc1C(F)(F)F. The van der Waals surface area contributed by atoms with Gasteiger partial charge in [0.15, 0.2) is 5.15 Å². The maximum Gasteiger partial charge on any atom is 0.489 e. The number of hydrogen-bond donors (Lipinski definition) is 3. The van der Waals surface area contributed by atoms with Crippen LogP contribution in [0.2, 0.25) is 15.2 Å². The van der Waals surface area contributed by atoms with Crippen molar-refractivity contribution in [1.29, 1.82) is 0 Å². The number of rotatable bonds is 2. The van der Waals surface area contributed by atoms with E-state index in [1.807, 2.05) is 19.1 Å². The topological polar surface area (TPSA) is 125 Å². The summed E-state index contributed by atoms with van der Waals surface area (Å²) in [6, 6.07) is 20.2. The number of fused-ring (bicyclic) bond motifs is 2. The molecule has 0 radical (unpaired) electrons. The molecule has 0 unspecified atom stereocenters. The van der Waals surface area contributed by atoms with Gasteiger partial charge in [0.2, 0.25) is 0 Å². The van der Waals surface area contributed by atoms with Crippen molar-refractivity contribution in [3.05, 3.63) is 123 Å². The van der Waals surface area contributed by atoms with Gasteiger partial charge in [0, 0.05) is 11.8 Å². The number of aryl methyl sites for hydroxylation is 2. The highest BCUT2D eigenvalue weighted by Gasteiger charge is 2.36. The van der Waals surface area contributed by atoms with Crippen LogP contribution < -0.4 is 5.46 Å². The van der Waals surface area contributed by atoms with Crippen LogP contribution in [0.25, 0.3) is 33.3 Å². The second-order valence-electron chi connectivity index (χ2n) is 10.3. The molecule has 0 bridgehead atoms. The van der Waals surface area contributed by atoms with Gasteiger partial charge >= 0.3 is 19.5 Å². The van der Waals surface area contributed by atoms with E-state index in [9.17, 15) is 26.3 Å². The number of para-hydroxylation sites is 2. The van der Waals surface area contributed by atoms with Crippen molar-refractivity contribution in [1.82, 2.24) is 19.9 Å². The highest BCUT2D eigenvalue weighted by molar-refractivity contribution is 6.59.